The van der Waals surface area contributed by atoms with Gasteiger partial charge in [-0.15, -0.1) is 10.2 Å². The van der Waals surface area contributed by atoms with E-state index in [1.807, 2.05) is 5.51 Å². The fourth-order valence-corrected chi connectivity index (χ4v) is 4.78. The molecular formula is C18H22N4O2S. The van der Waals surface area contributed by atoms with Gasteiger partial charge in [-0.25, -0.2) is 0 Å². The Hall–Kier alpha value is -1.86. The number of ether oxygens (including phenoxy) is 2. The smallest absolute Gasteiger partial charge is 0.208 e. The highest BCUT2D eigenvalue weighted by atomic mass is 32.1. The molecular weight excluding hydrogens is 336 g/mol. The van der Waals surface area contributed by atoms with Crippen LogP contribution in [0.5, 0.6) is 11.5 Å². The summed E-state index contributed by atoms with van der Waals surface area (Å²) in [6.45, 7) is 5.60. The van der Waals surface area contributed by atoms with Crippen molar-refractivity contribution >= 4 is 16.5 Å². The van der Waals surface area contributed by atoms with E-state index in [9.17, 15) is 0 Å². The van der Waals surface area contributed by atoms with Crippen LogP contribution in [0.3, 0.4) is 0 Å². The molecule has 6 nitrogen and oxygen atoms in total. The van der Waals surface area contributed by atoms with Crippen LogP contribution in [-0.2, 0) is 12.8 Å². The molecule has 1 fully saturated rings. The van der Waals surface area contributed by atoms with Gasteiger partial charge in [-0.05, 0) is 42.5 Å². The molecule has 7 heteroatoms. The number of benzene rings is 1. The normalized spacial score (nSPS) is 23.4. The van der Waals surface area contributed by atoms with Crippen molar-refractivity contribution in [3.8, 4) is 11.5 Å². The van der Waals surface area contributed by atoms with Gasteiger partial charge >= 0.3 is 0 Å². The number of aromatic nitrogens is 2. The minimum absolute atomic E-state index is 0.631. The predicted octanol–water partition coefficient (Wildman–Crippen LogP) is 1.99. The van der Waals surface area contributed by atoms with E-state index in [0.717, 1.165) is 55.7 Å². The summed E-state index contributed by atoms with van der Waals surface area (Å²) in [4.78, 5) is 5.00. The molecule has 2 aliphatic heterocycles. The molecule has 1 aliphatic carbocycles. The Bertz CT molecular complexity index is 744. The standard InChI is InChI=1S/C18H22N4O2S/c1-2-15(21-3-5-22(6-4-21)18-20-19-12-25-18)9-14-11-17-16(10-13(1)14)23-7-8-24-17/h10-12,15H,1-9H2. The monoisotopic (exact) mass is 358 g/mol. The van der Waals surface area contributed by atoms with Crippen molar-refractivity contribution in [2.45, 2.75) is 25.3 Å². The fourth-order valence-electron chi connectivity index (χ4n) is 4.17. The average molecular weight is 358 g/mol. The van der Waals surface area contributed by atoms with Crippen molar-refractivity contribution in [2.24, 2.45) is 0 Å². The quantitative estimate of drug-likeness (QED) is 0.818. The maximum absolute atomic E-state index is 5.77. The molecule has 0 amide bonds. The Morgan fingerprint density at radius 1 is 1.00 bits per heavy atom. The van der Waals surface area contributed by atoms with Crippen LogP contribution in [0.4, 0.5) is 5.13 Å². The molecule has 2 aromatic rings. The summed E-state index contributed by atoms with van der Waals surface area (Å²) in [5.41, 5.74) is 4.69. The average Bonchev–Trinajstić information content (AvgIpc) is 3.21. The third kappa shape index (κ3) is 2.95. The topological polar surface area (TPSA) is 50.7 Å². The molecule has 0 bridgehead atoms. The molecule has 1 atom stereocenters. The predicted molar refractivity (Wildman–Crippen MR) is 96.9 cm³/mol. The highest BCUT2D eigenvalue weighted by molar-refractivity contribution is 7.13. The zero-order chi connectivity index (χ0) is 16.6. The van der Waals surface area contributed by atoms with Crippen LogP contribution in [0, 0.1) is 0 Å². The Balaban J connectivity index is 1.26. The van der Waals surface area contributed by atoms with E-state index in [4.69, 9.17) is 9.47 Å². The van der Waals surface area contributed by atoms with Crippen LogP contribution in [0.1, 0.15) is 17.5 Å². The van der Waals surface area contributed by atoms with Crippen LogP contribution in [0.25, 0.3) is 0 Å². The second-order valence-corrected chi connectivity index (χ2v) is 7.72. The molecule has 1 unspecified atom stereocenters. The van der Waals surface area contributed by atoms with Gasteiger partial charge in [-0.2, -0.15) is 0 Å². The summed E-state index contributed by atoms with van der Waals surface area (Å²) in [6.07, 6.45) is 3.48. The van der Waals surface area contributed by atoms with Gasteiger partial charge in [-0.1, -0.05) is 11.3 Å². The van der Waals surface area contributed by atoms with Gasteiger partial charge in [0.25, 0.3) is 0 Å². The van der Waals surface area contributed by atoms with E-state index in [-0.39, 0.29) is 0 Å². The second-order valence-electron chi connectivity index (χ2n) is 6.91. The summed E-state index contributed by atoms with van der Waals surface area (Å²) < 4.78 is 11.5. The summed E-state index contributed by atoms with van der Waals surface area (Å²) in [6, 6.07) is 5.05. The number of rotatable bonds is 2. The zero-order valence-corrected chi connectivity index (χ0v) is 15.0. The molecule has 3 heterocycles. The summed E-state index contributed by atoms with van der Waals surface area (Å²) in [5.74, 6) is 1.85. The van der Waals surface area contributed by atoms with Gasteiger partial charge in [0, 0.05) is 32.2 Å². The van der Waals surface area contributed by atoms with Gasteiger partial charge in [0.1, 0.15) is 18.7 Å². The first-order valence-corrected chi connectivity index (χ1v) is 9.91. The number of fused-ring (bicyclic) bond motifs is 2. The lowest BCUT2D eigenvalue weighted by Crippen LogP contribution is -2.51. The number of hydrogen-bond donors (Lipinski definition) is 0. The second kappa shape index (κ2) is 6.46. The van der Waals surface area contributed by atoms with E-state index in [1.165, 1.54) is 17.5 Å². The third-order valence-electron chi connectivity index (χ3n) is 5.52. The minimum Gasteiger partial charge on any atom is -0.486 e. The molecule has 25 heavy (non-hydrogen) atoms. The lowest BCUT2D eigenvalue weighted by Gasteiger charge is -2.41. The van der Waals surface area contributed by atoms with E-state index < -0.39 is 0 Å². The van der Waals surface area contributed by atoms with E-state index in [0.29, 0.717) is 19.3 Å². The summed E-state index contributed by atoms with van der Waals surface area (Å²) in [7, 11) is 0. The van der Waals surface area contributed by atoms with Gasteiger partial charge < -0.3 is 14.4 Å². The van der Waals surface area contributed by atoms with E-state index >= 15 is 0 Å². The molecule has 1 aromatic carbocycles. The molecule has 0 N–H and O–H groups in total. The number of anilines is 1. The number of nitrogens with zero attached hydrogens (tertiary/aromatic N) is 4. The number of piperazine rings is 1. The van der Waals surface area contributed by atoms with Gasteiger partial charge in [0.2, 0.25) is 5.13 Å². The number of hydrogen-bond acceptors (Lipinski definition) is 7. The maximum Gasteiger partial charge on any atom is 0.208 e. The van der Waals surface area contributed by atoms with Crippen molar-refractivity contribution in [3.63, 3.8) is 0 Å². The summed E-state index contributed by atoms with van der Waals surface area (Å²) in [5, 5.41) is 9.21. The van der Waals surface area contributed by atoms with Crippen molar-refractivity contribution in [1.29, 1.82) is 0 Å². The molecule has 0 saturated carbocycles. The van der Waals surface area contributed by atoms with Gasteiger partial charge in [-0.3, -0.25) is 4.90 Å². The maximum atomic E-state index is 5.77. The lowest BCUT2D eigenvalue weighted by molar-refractivity contribution is 0.164. The molecule has 3 aliphatic rings. The first-order chi connectivity index (χ1) is 12.4. The Morgan fingerprint density at radius 3 is 2.48 bits per heavy atom. The van der Waals surface area contributed by atoms with Crippen LogP contribution in [0.2, 0.25) is 0 Å². The Labute approximate surface area is 151 Å². The molecule has 0 spiro atoms. The van der Waals surface area contributed by atoms with Crippen LogP contribution >= 0.6 is 11.3 Å². The molecule has 1 aromatic heterocycles. The van der Waals surface area contributed by atoms with Gasteiger partial charge in [0.15, 0.2) is 11.5 Å². The first kappa shape index (κ1) is 15.4. The zero-order valence-electron chi connectivity index (χ0n) is 14.2. The molecule has 5 rings (SSSR count). The Kier molecular flexibility index (Phi) is 3.98. The summed E-state index contributed by atoms with van der Waals surface area (Å²) >= 11 is 1.63. The SMILES string of the molecule is c1nnc(N2CCN(C3CCc4cc5c(cc4C3)OCCO5)CC2)s1. The highest BCUT2D eigenvalue weighted by Gasteiger charge is 2.29. The van der Waals surface area contributed by atoms with Crippen molar-refractivity contribution in [2.75, 3.05) is 44.3 Å². The lowest BCUT2D eigenvalue weighted by atomic mass is 9.86. The minimum atomic E-state index is 0.631. The van der Waals surface area contributed by atoms with Crippen molar-refractivity contribution in [3.05, 3.63) is 28.8 Å². The molecule has 1 saturated heterocycles. The third-order valence-corrected chi connectivity index (χ3v) is 6.27. The number of aryl methyl sites for hydroxylation is 1. The molecule has 0 radical (unpaired) electrons. The van der Waals surface area contributed by atoms with E-state index in [2.05, 4.69) is 32.1 Å². The van der Waals surface area contributed by atoms with Gasteiger partial charge in [0.05, 0.1) is 0 Å². The van der Waals surface area contributed by atoms with Crippen LogP contribution < -0.4 is 14.4 Å². The highest BCUT2D eigenvalue weighted by Crippen LogP contribution is 2.37. The largest absolute Gasteiger partial charge is 0.486 e. The van der Waals surface area contributed by atoms with E-state index in [1.54, 1.807) is 11.3 Å². The van der Waals surface area contributed by atoms with Crippen LogP contribution in [0.15, 0.2) is 17.6 Å². The first-order valence-electron chi connectivity index (χ1n) is 9.03. The fraction of sp³-hybridized carbons (Fsp3) is 0.556. The van der Waals surface area contributed by atoms with Crippen molar-refractivity contribution in [1.82, 2.24) is 15.1 Å². The van der Waals surface area contributed by atoms with Crippen molar-refractivity contribution < 1.29 is 9.47 Å². The van der Waals surface area contributed by atoms with Crippen LogP contribution in [-0.4, -0.2) is 60.5 Å². The Morgan fingerprint density at radius 2 is 1.76 bits per heavy atom. The molecule has 132 valence electrons.